The highest BCUT2D eigenvalue weighted by Gasteiger charge is 2.37. The van der Waals surface area contributed by atoms with Gasteiger partial charge >= 0.3 is 0 Å². The summed E-state index contributed by atoms with van der Waals surface area (Å²) in [5.41, 5.74) is 4.66. The van der Waals surface area contributed by atoms with E-state index in [1.807, 2.05) is 48.5 Å². The Kier molecular flexibility index (Phi) is 2.86. The molecule has 0 saturated carbocycles. The van der Waals surface area contributed by atoms with Gasteiger partial charge in [0, 0.05) is 16.5 Å². The molecule has 2 aromatic carbocycles. The number of carbonyl (C=O) groups is 1. The third kappa shape index (κ3) is 1.98. The first kappa shape index (κ1) is 14.0. The van der Waals surface area contributed by atoms with Gasteiger partial charge in [-0.1, -0.05) is 69.3 Å². The van der Waals surface area contributed by atoms with Crippen LogP contribution in [0, 0.1) is 5.41 Å². The van der Waals surface area contributed by atoms with E-state index in [1.165, 1.54) is 0 Å². The fourth-order valence-electron chi connectivity index (χ4n) is 3.49. The third-order valence-electron chi connectivity index (χ3n) is 4.40. The Morgan fingerprint density at radius 2 is 1.52 bits per heavy atom. The second kappa shape index (κ2) is 4.69. The number of para-hydroxylation sites is 1. The number of aromatic nitrogens is 1. The molecule has 3 aromatic rings. The molecule has 2 nitrogen and oxygen atoms in total. The Balaban J connectivity index is 2.11. The molecule has 0 bridgehead atoms. The van der Waals surface area contributed by atoms with Crippen molar-refractivity contribution in [3.63, 3.8) is 0 Å². The molecule has 23 heavy (non-hydrogen) atoms. The van der Waals surface area contributed by atoms with Crippen LogP contribution in [0.5, 0.6) is 0 Å². The van der Waals surface area contributed by atoms with Crippen molar-refractivity contribution in [3.8, 4) is 0 Å². The van der Waals surface area contributed by atoms with Crippen LogP contribution in [-0.2, 0) is 0 Å². The van der Waals surface area contributed by atoms with E-state index in [9.17, 15) is 4.79 Å². The van der Waals surface area contributed by atoms with Gasteiger partial charge in [-0.2, -0.15) is 0 Å². The summed E-state index contributed by atoms with van der Waals surface area (Å²) in [4.78, 5) is 13.1. The highest BCUT2D eigenvalue weighted by Crippen LogP contribution is 2.45. The number of carbonyl (C=O) groups excluding carboxylic acids is 1. The normalized spacial score (nSPS) is 14.7. The van der Waals surface area contributed by atoms with Crippen LogP contribution in [0.1, 0.15) is 36.8 Å². The minimum Gasteiger partial charge on any atom is -0.309 e. The second-order valence-electron chi connectivity index (χ2n) is 7.09. The lowest BCUT2D eigenvalue weighted by molar-refractivity contribution is 0.105. The van der Waals surface area contributed by atoms with Crippen molar-refractivity contribution in [2.75, 3.05) is 0 Å². The number of benzene rings is 2. The van der Waals surface area contributed by atoms with Crippen LogP contribution < -0.4 is 0 Å². The summed E-state index contributed by atoms with van der Waals surface area (Å²) in [6, 6.07) is 20.2. The van der Waals surface area contributed by atoms with Crippen molar-refractivity contribution in [3.05, 3.63) is 71.9 Å². The molecule has 0 N–H and O–H groups in total. The monoisotopic (exact) mass is 301 g/mol. The molecule has 2 heteroatoms. The lowest BCUT2D eigenvalue weighted by Gasteiger charge is -2.24. The van der Waals surface area contributed by atoms with E-state index in [0.717, 1.165) is 33.4 Å². The largest absolute Gasteiger partial charge is 0.309 e. The van der Waals surface area contributed by atoms with E-state index in [1.54, 1.807) is 0 Å². The van der Waals surface area contributed by atoms with Gasteiger partial charge in [0.05, 0.1) is 16.8 Å². The Labute approximate surface area is 136 Å². The van der Waals surface area contributed by atoms with Gasteiger partial charge in [-0.3, -0.25) is 4.79 Å². The first-order valence-corrected chi connectivity index (χ1v) is 7.94. The van der Waals surface area contributed by atoms with E-state index in [2.05, 4.69) is 37.5 Å². The summed E-state index contributed by atoms with van der Waals surface area (Å²) in [6.07, 6.45) is 0. The zero-order valence-electron chi connectivity index (χ0n) is 13.6. The van der Waals surface area contributed by atoms with Crippen LogP contribution in [0.4, 0.5) is 0 Å². The first-order chi connectivity index (χ1) is 11.0. The first-order valence-electron chi connectivity index (χ1n) is 7.94. The topological polar surface area (TPSA) is 22.0 Å². The Morgan fingerprint density at radius 3 is 2.22 bits per heavy atom. The smallest absolute Gasteiger partial charge is 0.212 e. The fraction of sp³-hybridized carbons (Fsp3) is 0.190. The maximum atomic E-state index is 13.1. The number of Topliss-reactive ketones (excluding diaryl/α,β-unsaturated/α-hetero) is 1. The maximum Gasteiger partial charge on any atom is 0.212 e. The number of hydrogen-bond acceptors (Lipinski definition) is 1. The number of ketones is 1. The van der Waals surface area contributed by atoms with Gasteiger partial charge in [0.25, 0.3) is 0 Å². The second-order valence-corrected chi connectivity index (χ2v) is 7.09. The predicted octanol–water partition coefficient (Wildman–Crippen LogP) is 5.25. The molecule has 0 spiro atoms. The molecule has 1 aliphatic heterocycles. The summed E-state index contributed by atoms with van der Waals surface area (Å²) in [7, 11) is 0. The van der Waals surface area contributed by atoms with Crippen molar-refractivity contribution in [2.24, 2.45) is 5.41 Å². The van der Waals surface area contributed by atoms with Crippen LogP contribution in [0.25, 0.3) is 22.2 Å². The number of nitrogens with zero attached hydrogens (tertiary/aromatic N) is 1. The van der Waals surface area contributed by atoms with Crippen molar-refractivity contribution in [2.45, 2.75) is 20.8 Å². The molecule has 0 fully saturated rings. The standard InChI is InChI=1S/C21H19NO/c1-21(2,3)20-18(14-9-5-4-6-10-14)19(23)17-13-15-11-7-8-12-16(15)22(17)20/h4-13H,1-3H3. The quantitative estimate of drug-likeness (QED) is 0.601. The zero-order valence-corrected chi connectivity index (χ0v) is 13.6. The summed E-state index contributed by atoms with van der Waals surface area (Å²) in [6.45, 7) is 6.51. The minimum absolute atomic E-state index is 0.123. The molecular formula is C21H19NO. The lowest BCUT2D eigenvalue weighted by atomic mass is 9.86. The Morgan fingerprint density at radius 1 is 0.870 bits per heavy atom. The SMILES string of the molecule is CC(C)(C)C1=C(c2ccccc2)C(=O)c2cc3ccccc3n21. The van der Waals surface area contributed by atoms with E-state index in [0.29, 0.717) is 0 Å². The Bertz CT molecular complexity index is 952. The number of allylic oxidation sites excluding steroid dienone is 2. The lowest BCUT2D eigenvalue weighted by Crippen LogP contribution is -2.13. The molecule has 0 unspecified atom stereocenters. The van der Waals surface area contributed by atoms with E-state index < -0.39 is 0 Å². The molecule has 0 radical (unpaired) electrons. The van der Waals surface area contributed by atoms with Crippen LogP contribution in [0.3, 0.4) is 0 Å². The van der Waals surface area contributed by atoms with Gasteiger partial charge in [0.2, 0.25) is 5.78 Å². The van der Waals surface area contributed by atoms with Gasteiger partial charge in [-0.05, 0) is 17.7 Å². The number of fused-ring (bicyclic) bond motifs is 3. The Hall–Kier alpha value is -2.61. The van der Waals surface area contributed by atoms with Crippen LogP contribution >= 0.6 is 0 Å². The number of hydrogen-bond donors (Lipinski definition) is 0. The summed E-state index contributed by atoms with van der Waals surface area (Å²) in [5.74, 6) is 0.123. The van der Waals surface area contributed by atoms with Gasteiger partial charge in [-0.25, -0.2) is 0 Å². The van der Waals surface area contributed by atoms with Gasteiger partial charge in [0.1, 0.15) is 0 Å². The zero-order chi connectivity index (χ0) is 16.2. The highest BCUT2D eigenvalue weighted by atomic mass is 16.1. The predicted molar refractivity (Wildman–Crippen MR) is 95.3 cm³/mol. The van der Waals surface area contributed by atoms with Crippen LogP contribution in [0.15, 0.2) is 60.7 Å². The van der Waals surface area contributed by atoms with Crippen LogP contribution in [0.2, 0.25) is 0 Å². The van der Waals surface area contributed by atoms with Crippen molar-refractivity contribution in [1.82, 2.24) is 4.57 Å². The molecule has 0 atom stereocenters. The highest BCUT2D eigenvalue weighted by molar-refractivity contribution is 6.37. The van der Waals surface area contributed by atoms with Gasteiger partial charge in [-0.15, -0.1) is 0 Å². The average Bonchev–Trinajstić information content (AvgIpc) is 3.03. The van der Waals surface area contributed by atoms with Crippen molar-refractivity contribution < 1.29 is 4.79 Å². The van der Waals surface area contributed by atoms with Crippen LogP contribution in [-0.4, -0.2) is 10.4 Å². The van der Waals surface area contributed by atoms with E-state index in [4.69, 9.17) is 0 Å². The summed E-state index contributed by atoms with van der Waals surface area (Å²) >= 11 is 0. The summed E-state index contributed by atoms with van der Waals surface area (Å²) < 4.78 is 2.15. The summed E-state index contributed by atoms with van der Waals surface area (Å²) in [5, 5.41) is 1.12. The van der Waals surface area contributed by atoms with Crippen molar-refractivity contribution >= 4 is 28.0 Å². The third-order valence-corrected chi connectivity index (χ3v) is 4.40. The molecule has 2 heterocycles. The molecule has 0 saturated heterocycles. The molecule has 4 rings (SSSR count). The fourth-order valence-corrected chi connectivity index (χ4v) is 3.49. The molecule has 114 valence electrons. The van der Waals surface area contributed by atoms with E-state index in [-0.39, 0.29) is 11.2 Å². The molecule has 0 amide bonds. The van der Waals surface area contributed by atoms with Crippen molar-refractivity contribution in [1.29, 1.82) is 0 Å². The molecular weight excluding hydrogens is 282 g/mol. The van der Waals surface area contributed by atoms with E-state index >= 15 is 0 Å². The minimum atomic E-state index is -0.131. The average molecular weight is 301 g/mol. The maximum absolute atomic E-state index is 13.1. The molecule has 1 aliphatic rings. The number of rotatable bonds is 1. The van der Waals surface area contributed by atoms with Gasteiger partial charge < -0.3 is 4.57 Å². The molecule has 0 aliphatic carbocycles. The van der Waals surface area contributed by atoms with Gasteiger partial charge in [0.15, 0.2) is 0 Å². The molecule has 1 aromatic heterocycles.